The second-order valence-corrected chi connectivity index (χ2v) is 9.74. The third-order valence-corrected chi connectivity index (χ3v) is 7.55. The fourth-order valence-electron chi connectivity index (χ4n) is 4.57. The van der Waals surface area contributed by atoms with Crippen LogP contribution in [0.4, 0.5) is 5.69 Å². The van der Waals surface area contributed by atoms with Gasteiger partial charge in [-0.1, -0.05) is 6.07 Å². The molecule has 1 fully saturated rings. The average Bonchev–Trinajstić information content (AvgIpc) is 2.87. The number of hydrogen-bond donors (Lipinski definition) is 2. The van der Waals surface area contributed by atoms with Gasteiger partial charge in [0.2, 0.25) is 5.91 Å². The molecule has 1 aromatic heterocycles. The molecule has 8 nitrogen and oxygen atoms in total. The van der Waals surface area contributed by atoms with Crippen LogP contribution in [0.3, 0.4) is 0 Å². The molecule has 0 aliphatic carbocycles. The van der Waals surface area contributed by atoms with Crippen molar-refractivity contribution in [3.63, 3.8) is 0 Å². The summed E-state index contributed by atoms with van der Waals surface area (Å²) in [4.78, 5) is 31.8. The van der Waals surface area contributed by atoms with Gasteiger partial charge < -0.3 is 20.1 Å². The van der Waals surface area contributed by atoms with Crippen molar-refractivity contribution in [3.05, 3.63) is 64.1 Å². The Morgan fingerprint density at radius 2 is 2.00 bits per heavy atom. The Bertz CT molecular complexity index is 1320. The summed E-state index contributed by atoms with van der Waals surface area (Å²) >= 11 is 1.58. The molecule has 34 heavy (non-hydrogen) atoms. The number of likely N-dealkylation sites (tertiary alicyclic amines) is 1. The molecule has 0 radical (unpaired) electrons. The summed E-state index contributed by atoms with van der Waals surface area (Å²) < 4.78 is 1.72. The Labute approximate surface area is 202 Å². The molecule has 3 heterocycles. The third kappa shape index (κ3) is 4.99. The lowest BCUT2D eigenvalue weighted by Crippen LogP contribution is -2.43. The molecule has 174 valence electrons. The smallest absolute Gasteiger partial charge is 0.269 e. The van der Waals surface area contributed by atoms with Gasteiger partial charge in [0.1, 0.15) is 0 Å². The molecule has 0 unspecified atom stereocenters. The van der Waals surface area contributed by atoms with Crippen LogP contribution in [0.5, 0.6) is 0 Å². The summed E-state index contributed by atoms with van der Waals surface area (Å²) in [5.74, 6) is 0.540. The maximum absolute atomic E-state index is 12.4. The summed E-state index contributed by atoms with van der Waals surface area (Å²) in [5.41, 5.74) is 3.91. The molecule has 0 atom stereocenters. The first-order valence-electron chi connectivity index (χ1n) is 11.5. The molecule has 0 bridgehead atoms. The number of piperidine rings is 1. The maximum Gasteiger partial charge on any atom is 0.269 e. The van der Waals surface area contributed by atoms with Gasteiger partial charge >= 0.3 is 0 Å². The van der Waals surface area contributed by atoms with Crippen LogP contribution in [0.2, 0.25) is 0 Å². The predicted octanol–water partition coefficient (Wildman–Crippen LogP) is 2.57. The van der Waals surface area contributed by atoms with Crippen LogP contribution in [0.15, 0.2) is 52.3 Å². The van der Waals surface area contributed by atoms with Crippen LogP contribution >= 0.6 is 11.8 Å². The van der Waals surface area contributed by atoms with E-state index in [4.69, 9.17) is 0 Å². The quantitative estimate of drug-likeness (QED) is 0.566. The lowest BCUT2D eigenvalue weighted by atomic mass is 10.0. The van der Waals surface area contributed by atoms with Crippen molar-refractivity contribution in [1.29, 1.82) is 5.26 Å². The first kappa shape index (κ1) is 22.6. The van der Waals surface area contributed by atoms with E-state index in [1.165, 1.54) is 11.8 Å². The number of fused-ring (bicyclic) bond motifs is 2. The van der Waals surface area contributed by atoms with E-state index < -0.39 is 0 Å². The van der Waals surface area contributed by atoms with Crippen LogP contribution < -0.4 is 16.2 Å². The number of hydrogen-bond acceptors (Lipinski definition) is 7. The Morgan fingerprint density at radius 3 is 2.82 bits per heavy atom. The van der Waals surface area contributed by atoms with Crippen LogP contribution in [-0.4, -0.2) is 51.8 Å². The van der Waals surface area contributed by atoms with Gasteiger partial charge in [0.05, 0.1) is 40.3 Å². The van der Waals surface area contributed by atoms with Crippen molar-refractivity contribution in [2.24, 2.45) is 0 Å². The zero-order valence-corrected chi connectivity index (χ0v) is 19.6. The summed E-state index contributed by atoms with van der Waals surface area (Å²) in [6, 6.07) is 14.1. The van der Waals surface area contributed by atoms with E-state index in [9.17, 15) is 14.9 Å². The topological polar surface area (TPSA) is 103 Å². The van der Waals surface area contributed by atoms with Gasteiger partial charge in [-0.15, -0.1) is 11.8 Å². The maximum atomic E-state index is 12.4. The molecule has 2 aromatic carbocycles. The zero-order chi connectivity index (χ0) is 23.5. The van der Waals surface area contributed by atoms with E-state index in [1.54, 1.807) is 34.5 Å². The Morgan fingerprint density at radius 1 is 1.15 bits per heavy atom. The minimum absolute atomic E-state index is 0.0579. The van der Waals surface area contributed by atoms with E-state index in [2.05, 4.69) is 44.8 Å². The van der Waals surface area contributed by atoms with Gasteiger partial charge in [-0.25, -0.2) is 4.98 Å². The molecular formula is C25H26N6O2S. The van der Waals surface area contributed by atoms with Gasteiger partial charge in [-0.2, -0.15) is 5.26 Å². The highest BCUT2D eigenvalue weighted by atomic mass is 32.2. The van der Waals surface area contributed by atoms with Crippen LogP contribution in [-0.2, 0) is 17.9 Å². The van der Waals surface area contributed by atoms with Gasteiger partial charge in [-0.05, 0) is 61.8 Å². The number of thioether (sulfide) groups is 1. The van der Waals surface area contributed by atoms with E-state index >= 15 is 0 Å². The molecule has 5 rings (SSSR count). The Balaban J connectivity index is 1.14. The molecule has 0 saturated carbocycles. The Hall–Kier alpha value is -3.19. The predicted molar refractivity (Wildman–Crippen MR) is 133 cm³/mol. The van der Waals surface area contributed by atoms with Gasteiger partial charge in [0, 0.05) is 30.6 Å². The van der Waals surface area contributed by atoms with Crippen LogP contribution in [0.25, 0.3) is 11.0 Å². The van der Waals surface area contributed by atoms with E-state index in [-0.39, 0.29) is 11.5 Å². The number of nitriles is 1. The number of nitrogens with one attached hydrogen (secondary N) is 2. The second kappa shape index (κ2) is 9.97. The molecule has 9 heteroatoms. The monoisotopic (exact) mass is 474 g/mol. The van der Waals surface area contributed by atoms with E-state index in [1.807, 2.05) is 0 Å². The number of amides is 1. The second-order valence-electron chi connectivity index (χ2n) is 8.73. The summed E-state index contributed by atoms with van der Waals surface area (Å²) in [6.07, 6.45) is 3.44. The van der Waals surface area contributed by atoms with Gasteiger partial charge in [0.25, 0.3) is 5.56 Å². The van der Waals surface area contributed by atoms with Crippen LogP contribution in [0, 0.1) is 11.3 Å². The molecule has 2 aliphatic heterocycles. The van der Waals surface area contributed by atoms with Crippen molar-refractivity contribution in [3.8, 4) is 6.07 Å². The van der Waals surface area contributed by atoms with Gasteiger partial charge in [-0.3, -0.25) is 9.59 Å². The number of aromatic nitrogens is 2. The highest BCUT2D eigenvalue weighted by molar-refractivity contribution is 8.00. The number of rotatable bonds is 6. The first-order chi connectivity index (χ1) is 16.6. The number of nitrogens with zero attached hydrogens (tertiary/aromatic N) is 4. The van der Waals surface area contributed by atoms with Crippen molar-refractivity contribution < 1.29 is 4.79 Å². The largest absolute Gasteiger partial charge is 0.324 e. The summed E-state index contributed by atoms with van der Waals surface area (Å²) in [6.45, 7) is 4.07. The Kier molecular flexibility index (Phi) is 6.63. The van der Waals surface area contributed by atoms with E-state index in [0.717, 1.165) is 55.1 Å². The fourth-order valence-corrected chi connectivity index (χ4v) is 5.36. The van der Waals surface area contributed by atoms with Crippen molar-refractivity contribution >= 4 is 34.4 Å². The van der Waals surface area contributed by atoms with Crippen molar-refractivity contribution in [2.75, 3.05) is 30.7 Å². The minimum Gasteiger partial charge on any atom is -0.324 e. The number of benzene rings is 2. The number of carbonyl (C=O) groups is 1. The lowest BCUT2D eigenvalue weighted by Gasteiger charge is -2.32. The summed E-state index contributed by atoms with van der Waals surface area (Å²) in [5, 5.41) is 15.8. The van der Waals surface area contributed by atoms with Crippen molar-refractivity contribution in [2.45, 2.75) is 36.9 Å². The van der Waals surface area contributed by atoms with Gasteiger partial charge in [0.15, 0.2) is 0 Å². The van der Waals surface area contributed by atoms with E-state index in [0.29, 0.717) is 29.4 Å². The molecule has 0 spiro atoms. The first-order valence-corrected chi connectivity index (χ1v) is 12.5. The molecule has 1 saturated heterocycles. The SMILES string of the molecule is N#Cc1ccc2ncc(=O)n(CCN3CCC(NCc4ccc5c(c4)NC(=O)CS5)CC3)c2c1. The lowest BCUT2D eigenvalue weighted by molar-refractivity contribution is -0.113. The summed E-state index contributed by atoms with van der Waals surface area (Å²) in [7, 11) is 0. The average molecular weight is 475 g/mol. The minimum atomic E-state index is -0.140. The third-order valence-electron chi connectivity index (χ3n) is 6.47. The highest BCUT2D eigenvalue weighted by Crippen LogP contribution is 2.32. The number of anilines is 1. The molecule has 2 aliphatic rings. The fraction of sp³-hybridized carbons (Fsp3) is 0.360. The van der Waals surface area contributed by atoms with Crippen molar-refractivity contribution in [1.82, 2.24) is 19.8 Å². The standard InChI is InChI=1S/C25H26N6O2S/c26-13-17-1-3-20-22(12-17)31(25(33)15-28-20)10-9-30-7-5-19(6-8-30)27-14-18-2-4-23-21(11-18)29-24(32)16-34-23/h1-4,11-12,15,19,27H,5-10,14,16H2,(H,29,32). The molecule has 1 amide bonds. The zero-order valence-electron chi connectivity index (χ0n) is 18.8. The molecule has 2 N–H and O–H groups in total. The highest BCUT2D eigenvalue weighted by Gasteiger charge is 2.20. The molecule has 3 aromatic rings. The number of carbonyl (C=O) groups excluding carboxylic acids is 1. The normalized spacial score (nSPS) is 16.7. The van der Waals surface area contributed by atoms with Crippen LogP contribution in [0.1, 0.15) is 24.0 Å². The molecular weight excluding hydrogens is 448 g/mol.